The third-order valence-electron chi connectivity index (χ3n) is 6.78. The van der Waals surface area contributed by atoms with Crippen molar-refractivity contribution < 1.29 is 28.0 Å². The second-order valence-electron chi connectivity index (χ2n) is 9.13. The molecular weight excluding hydrogens is 509 g/mol. The third kappa shape index (κ3) is 3.92. The van der Waals surface area contributed by atoms with Gasteiger partial charge in [0.1, 0.15) is 7.85 Å². The Hall–Kier alpha value is -2.94. The first-order valence-electron chi connectivity index (χ1n) is 10.9. The highest BCUT2D eigenvalue weighted by Gasteiger charge is 2.64. The molecular formula is C22H12B6ClF2N3O4. The molecule has 0 bridgehead atoms. The number of nitrogens with one attached hydrogen (secondary N) is 1. The second-order valence-corrected chi connectivity index (χ2v) is 9.57. The Bertz CT molecular complexity index is 1380. The van der Waals surface area contributed by atoms with E-state index < -0.39 is 51.0 Å². The molecule has 1 unspecified atom stereocenters. The lowest BCUT2D eigenvalue weighted by Crippen LogP contribution is -2.75. The molecule has 0 aromatic heterocycles. The highest BCUT2D eigenvalue weighted by atomic mass is 35.5. The molecule has 16 heteroatoms. The first-order valence-corrected chi connectivity index (χ1v) is 11.3. The number of carbonyl (C=O) groups is 4. The third-order valence-corrected chi connectivity index (χ3v) is 7.03. The first-order chi connectivity index (χ1) is 17.5. The van der Waals surface area contributed by atoms with Crippen LogP contribution in [0.15, 0.2) is 42.5 Å². The number of amides is 4. The van der Waals surface area contributed by atoms with Gasteiger partial charge in [-0.2, -0.15) is 8.78 Å². The predicted octanol–water partition coefficient (Wildman–Crippen LogP) is -0.0725. The molecule has 1 fully saturated rings. The zero-order chi connectivity index (χ0) is 28.4. The van der Waals surface area contributed by atoms with Crippen molar-refractivity contribution in [3.63, 3.8) is 0 Å². The molecule has 2 aromatic rings. The summed E-state index contributed by atoms with van der Waals surface area (Å²) in [7, 11) is 35.4. The van der Waals surface area contributed by atoms with Crippen LogP contribution in [0.4, 0.5) is 8.78 Å². The van der Waals surface area contributed by atoms with Crippen molar-refractivity contribution in [2.75, 3.05) is 0 Å². The molecule has 4 rings (SSSR count). The van der Waals surface area contributed by atoms with Gasteiger partial charge in [0.2, 0.25) is 19.8 Å². The lowest BCUT2D eigenvalue weighted by molar-refractivity contribution is -0.149. The number of carbonyl (C=O) groups excluding carboxylic acids is 4. The number of imide groups is 1. The second kappa shape index (κ2) is 9.07. The quantitative estimate of drug-likeness (QED) is 0.442. The first kappa shape index (κ1) is 28.1. The van der Waals surface area contributed by atoms with E-state index in [9.17, 15) is 28.0 Å². The predicted molar refractivity (Wildman–Crippen MR) is 138 cm³/mol. The molecule has 2 aliphatic heterocycles. The van der Waals surface area contributed by atoms with Gasteiger partial charge in [0.05, 0.1) is 36.8 Å². The number of hydrogen-bond acceptors (Lipinski definition) is 4. The molecule has 1 saturated heterocycles. The maximum absolute atomic E-state index is 14.6. The minimum atomic E-state index is -3.84. The van der Waals surface area contributed by atoms with E-state index in [-0.39, 0.29) is 28.5 Å². The maximum atomic E-state index is 14.6. The molecule has 1 atom stereocenters. The number of rotatable bonds is 5. The molecule has 2 heterocycles. The molecule has 4 amide bonds. The summed E-state index contributed by atoms with van der Waals surface area (Å²) in [5.74, 6) is -8.84. The zero-order valence-corrected chi connectivity index (χ0v) is 20.3. The zero-order valence-electron chi connectivity index (χ0n) is 19.6. The van der Waals surface area contributed by atoms with Crippen LogP contribution >= 0.6 is 11.6 Å². The number of nitrogens with zero attached hydrogens (tertiary/aromatic N) is 2. The molecule has 38 heavy (non-hydrogen) atoms. The standard InChI is InChI=1S/C22H12B6ClF2N3O4/c23-20(24)17(37)34(28)18(38)21(25,22(20,26)27)33-9-11-7-10(1-6-14(11)15(33)35)8-32-16(36)19(30,31)12-2-4-13(29)5-3-12/h1-7H,8-9H2,(H,32,36). The summed E-state index contributed by atoms with van der Waals surface area (Å²) in [6.45, 7) is -0.679. The van der Waals surface area contributed by atoms with Crippen molar-refractivity contribution >= 4 is 82.4 Å². The number of benzene rings is 2. The molecule has 0 spiro atoms. The number of piperidine rings is 1. The van der Waals surface area contributed by atoms with Gasteiger partial charge in [-0.25, -0.2) is 0 Å². The van der Waals surface area contributed by atoms with Gasteiger partial charge in [-0.05, 0) is 34.5 Å². The van der Waals surface area contributed by atoms with Crippen LogP contribution in [0.2, 0.25) is 15.5 Å². The maximum Gasteiger partial charge on any atom is 0.349 e. The monoisotopic (exact) mass is 521 g/mol. The molecule has 0 aliphatic carbocycles. The SMILES string of the molecule is [B]N1C(=O)C([B])([B])C([B])([B])C([B])(N2Cc3cc(CNC(=O)C(F)(F)c4ccc(Cl)cc4)ccc3C2=O)C1=O. The van der Waals surface area contributed by atoms with E-state index >= 15 is 0 Å². The van der Waals surface area contributed by atoms with Gasteiger partial charge in [0, 0.05) is 29.2 Å². The van der Waals surface area contributed by atoms with Crippen LogP contribution in [0.3, 0.4) is 0 Å². The number of alkyl halides is 2. The van der Waals surface area contributed by atoms with Crippen LogP contribution in [0, 0.1) is 0 Å². The smallest absolute Gasteiger partial charge is 0.346 e. The fourth-order valence-electron chi connectivity index (χ4n) is 4.34. The van der Waals surface area contributed by atoms with E-state index in [0.717, 1.165) is 17.0 Å². The Kier molecular flexibility index (Phi) is 6.70. The van der Waals surface area contributed by atoms with E-state index in [1.54, 1.807) is 0 Å². The normalized spacial score (nSPS) is 22.3. The molecule has 0 saturated carbocycles. The van der Waals surface area contributed by atoms with E-state index in [2.05, 4.69) is 5.32 Å². The van der Waals surface area contributed by atoms with Crippen LogP contribution in [-0.4, -0.2) is 86.0 Å². The fraction of sp³-hybridized carbons (Fsp3) is 0.273. The van der Waals surface area contributed by atoms with Gasteiger partial charge in [0.25, 0.3) is 11.8 Å². The van der Waals surface area contributed by atoms with Gasteiger partial charge >= 0.3 is 5.92 Å². The van der Waals surface area contributed by atoms with E-state index in [0.29, 0.717) is 11.1 Å². The molecule has 12 radical (unpaired) electrons. The van der Waals surface area contributed by atoms with Crippen molar-refractivity contribution in [2.45, 2.75) is 34.9 Å². The highest BCUT2D eigenvalue weighted by molar-refractivity contribution is 6.68. The average Bonchev–Trinajstić information content (AvgIpc) is 3.20. The van der Waals surface area contributed by atoms with E-state index in [4.69, 9.17) is 58.8 Å². The summed E-state index contributed by atoms with van der Waals surface area (Å²) < 4.78 is 29.1. The Labute approximate surface area is 229 Å². The van der Waals surface area contributed by atoms with Crippen molar-refractivity contribution in [1.29, 1.82) is 0 Å². The number of halogens is 3. The minimum Gasteiger partial charge on any atom is -0.346 e. The van der Waals surface area contributed by atoms with Crippen molar-refractivity contribution in [3.05, 3.63) is 69.7 Å². The summed E-state index contributed by atoms with van der Waals surface area (Å²) >= 11 is 5.71. The van der Waals surface area contributed by atoms with Gasteiger partial charge in [-0.15, -0.1) is 0 Å². The van der Waals surface area contributed by atoms with Gasteiger partial charge < -0.3 is 15.0 Å². The summed E-state index contributed by atoms with van der Waals surface area (Å²) in [4.78, 5) is 51.6. The van der Waals surface area contributed by atoms with Gasteiger partial charge in [-0.1, -0.05) is 41.1 Å². The lowest BCUT2D eigenvalue weighted by Gasteiger charge is -2.62. The van der Waals surface area contributed by atoms with E-state index in [1.165, 1.54) is 30.3 Å². The van der Waals surface area contributed by atoms with Crippen LogP contribution in [0.25, 0.3) is 0 Å². The topological polar surface area (TPSA) is 86.8 Å². The highest BCUT2D eigenvalue weighted by Crippen LogP contribution is 2.56. The largest absolute Gasteiger partial charge is 0.349 e. The van der Waals surface area contributed by atoms with Crippen molar-refractivity contribution in [2.24, 2.45) is 0 Å². The lowest BCUT2D eigenvalue weighted by atomic mass is 9.21. The van der Waals surface area contributed by atoms with Gasteiger partial charge in [0.15, 0.2) is 0 Å². The Morgan fingerprint density at radius 1 is 1.00 bits per heavy atom. The van der Waals surface area contributed by atoms with Crippen molar-refractivity contribution in [3.8, 4) is 0 Å². The summed E-state index contributed by atoms with van der Waals surface area (Å²) in [5.41, 5.74) is -2.49. The van der Waals surface area contributed by atoms with E-state index in [1.807, 2.05) is 0 Å². The number of hydrogen-bond donors (Lipinski definition) is 1. The minimum absolute atomic E-state index is 0.0516. The van der Waals surface area contributed by atoms with Crippen LogP contribution < -0.4 is 5.32 Å². The number of fused-ring (bicyclic) bond motifs is 1. The Morgan fingerprint density at radius 3 is 2.21 bits per heavy atom. The fourth-order valence-corrected chi connectivity index (χ4v) is 4.46. The van der Waals surface area contributed by atoms with Crippen LogP contribution in [0.5, 0.6) is 0 Å². The Balaban J connectivity index is 1.56. The molecule has 7 nitrogen and oxygen atoms in total. The summed E-state index contributed by atoms with van der Waals surface area (Å²) in [6, 6.07) is 8.72. The molecule has 1 N–H and O–H groups in total. The molecule has 2 aromatic carbocycles. The molecule has 2 aliphatic rings. The van der Waals surface area contributed by atoms with Crippen LogP contribution in [-0.2, 0) is 33.4 Å². The van der Waals surface area contributed by atoms with Crippen molar-refractivity contribution in [1.82, 2.24) is 15.0 Å². The Morgan fingerprint density at radius 2 is 1.61 bits per heavy atom. The average molecular weight is 521 g/mol. The summed E-state index contributed by atoms with van der Waals surface area (Å²) in [6.07, 6.45) is 0. The van der Waals surface area contributed by atoms with Gasteiger partial charge in [-0.3, -0.25) is 19.2 Å². The summed E-state index contributed by atoms with van der Waals surface area (Å²) in [5, 5.41) is -2.92. The van der Waals surface area contributed by atoms with Crippen LogP contribution in [0.1, 0.15) is 27.0 Å². The molecule has 178 valence electrons.